The van der Waals surface area contributed by atoms with Gasteiger partial charge >= 0.3 is 0 Å². The summed E-state index contributed by atoms with van der Waals surface area (Å²) in [6.45, 7) is 3.21. The minimum atomic E-state index is -0.297. The zero-order valence-corrected chi connectivity index (χ0v) is 14.1. The van der Waals surface area contributed by atoms with E-state index in [4.69, 9.17) is 9.15 Å². The number of carbonyl (C=O) groups is 1. The number of aromatic amines is 1. The zero-order chi connectivity index (χ0) is 17.2. The van der Waals surface area contributed by atoms with E-state index in [0.717, 1.165) is 16.5 Å². The number of aromatic nitrogens is 3. The fourth-order valence-electron chi connectivity index (χ4n) is 3.21. The van der Waals surface area contributed by atoms with Crippen LogP contribution in [0.25, 0.3) is 10.9 Å². The van der Waals surface area contributed by atoms with Crippen molar-refractivity contribution in [2.75, 3.05) is 19.8 Å². The maximum absolute atomic E-state index is 12.7. The van der Waals surface area contributed by atoms with Gasteiger partial charge in [0, 0.05) is 31.6 Å². The van der Waals surface area contributed by atoms with Gasteiger partial charge in [0.15, 0.2) is 0 Å². The van der Waals surface area contributed by atoms with Crippen molar-refractivity contribution in [3.8, 4) is 0 Å². The van der Waals surface area contributed by atoms with E-state index in [1.165, 1.54) is 0 Å². The molecule has 0 spiro atoms. The molecule has 1 fully saturated rings. The number of ether oxygens (including phenoxy) is 1. The molecule has 7 nitrogen and oxygen atoms in total. The molecule has 130 valence electrons. The number of carbonyl (C=O) groups excluding carboxylic acids is 1. The first-order valence-corrected chi connectivity index (χ1v) is 8.44. The second-order valence-electron chi connectivity index (χ2n) is 6.24. The van der Waals surface area contributed by atoms with Crippen LogP contribution in [-0.4, -0.2) is 45.7 Å². The molecule has 3 heterocycles. The molecule has 1 saturated heterocycles. The zero-order valence-electron chi connectivity index (χ0n) is 14.1. The van der Waals surface area contributed by atoms with Crippen LogP contribution < -0.4 is 0 Å². The summed E-state index contributed by atoms with van der Waals surface area (Å²) in [6.07, 6.45) is 3.07. The van der Waals surface area contributed by atoms with Crippen LogP contribution in [-0.2, 0) is 16.0 Å². The second-order valence-corrected chi connectivity index (χ2v) is 6.24. The van der Waals surface area contributed by atoms with Crippen LogP contribution in [0.2, 0.25) is 0 Å². The number of amides is 1. The third kappa shape index (κ3) is 3.28. The fraction of sp³-hybridized carbons (Fsp3) is 0.389. The van der Waals surface area contributed by atoms with Gasteiger partial charge in [-0.25, -0.2) is 0 Å². The average molecular weight is 340 g/mol. The molecule has 1 N–H and O–H groups in total. The van der Waals surface area contributed by atoms with Gasteiger partial charge in [0.2, 0.25) is 17.7 Å². The lowest BCUT2D eigenvalue weighted by Gasteiger charge is -2.33. The molecule has 1 amide bonds. The normalized spacial score (nSPS) is 18.0. The van der Waals surface area contributed by atoms with Crippen molar-refractivity contribution in [1.82, 2.24) is 20.1 Å². The van der Waals surface area contributed by atoms with Crippen molar-refractivity contribution in [2.45, 2.75) is 25.8 Å². The van der Waals surface area contributed by atoms with Crippen molar-refractivity contribution in [3.05, 3.63) is 47.8 Å². The molecule has 0 saturated carbocycles. The van der Waals surface area contributed by atoms with Gasteiger partial charge in [0.1, 0.15) is 6.04 Å². The minimum Gasteiger partial charge on any atom is -0.423 e. The monoisotopic (exact) mass is 340 g/mol. The van der Waals surface area contributed by atoms with E-state index in [-0.39, 0.29) is 11.9 Å². The summed E-state index contributed by atoms with van der Waals surface area (Å²) >= 11 is 0. The van der Waals surface area contributed by atoms with E-state index in [9.17, 15) is 4.79 Å². The Bertz CT molecular complexity index is 885. The molecule has 1 atom stereocenters. The molecule has 1 aromatic carbocycles. The number of nitrogens with zero attached hydrogens (tertiary/aromatic N) is 3. The van der Waals surface area contributed by atoms with E-state index in [1.54, 1.807) is 11.8 Å². The molecular formula is C18H20N4O3. The first kappa shape index (κ1) is 15.8. The van der Waals surface area contributed by atoms with E-state index < -0.39 is 0 Å². The minimum absolute atomic E-state index is 0.0818. The van der Waals surface area contributed by atoms with Crippen molar-refractivity contribution in [2.24, 2.45) is 0 Å². The SMILES string of the molecule is Cc1nnc([C@H]2COCCN2C(=O)CCc2ccc3[nH]ccc3c2)o1. The standard InChI is InChI=1S/C18H20N4O3/c1-12-20-21-18(25-12)16-11-24-9-8-22(16)17(23)5-3-13-2-4-15-14(10-13)6-7-19-15/h2,4,6-7,10,16,19H,3,5,8-9,11H2,1H3/t16-/m1/s1. The first-order chi connectivity index (χ1) is 12.2. The highest BCUT2D eigenvalue weighted by Crippen LogP contribution is 2.24. The highest BCUT2D eigenvalue weighted by atomic mass is 16.5. The number of benzene rings is 1. The highest BCUT2D eigenvalue weighted by molar-refractivity contribution is 5.80. The maximum Gasteiger partial charge on any atom is 0.241 e. The molecular weight excluding hydrogens is 320 g/mol. The lowest BCUT2D eigenvalue weighted by Crippen LogP contribution is -2.43. The maximum atomic E-state index is 12.7. The van der Waals surface area contributed by atoms with Gasteiger partial charge in [-0.2, -0.15) is 0 Å². The van der Waals surface area contributed by atoms with Crippen molar-refractivity contribution in [3.63, 3.8) is 0 Å². The van der Waals surface area contributed by atoms with Crippen molar-refractivity contribution < 1.29 is 13.9 Å². The molecule has 25 heavy (non-hydrogen) atoms. The summed E-state index contributed by atoms with van der Waals surface area (Å²) in [7, 11) is 0. The Kier molecular flexibility index (Phi) is 4.23. The third-order valence-corrected chi connectivity index (χ3v) is 4.52. The second kappa shape index (κ2) is 6.68. The Hall–Kier alpha value is -2.67. The summed E-state index contributed by atoms with van der Waals surface area (Å²) in [5.41, 5.74) is 2.26. The number of rotatable bonds is 4. The molecule has 0 radical (unpaired) electrons. The number of hydrogen-bond acceptors (Lipinski definition) is 5. The van der Waals surface area contributed by atoms with E-state index in [1.807, 2.05) is 18.3 Å². The summed E-state index contributed by atoms with van der Waals surface area (Å²) in [6, 6.07) is 7.97. The van der Waals surface area contributed by atoms with E-state index >= 15 is 0 Å². The molecule has 0 bridgehead atoms. The van der Waals surface area contributed by atoms with Gasteiger partial charge in [-0.15, -0.1) is 10.2 Å². The fourth-order valence-corrected chi connectivity index (χ4v) is 3.21. The molecule has 1 aliphatic heterocycles. The number of nitrogens with one attached hydrogen (secondary N) is 1. The average Bonchev–Trinajstić information content (AvgIpc) is 3.28. The Balaban J connectivity index is 1.45. The molecule has 1 aliphatic rings. The molecule has 3 aromatic rings. The summed E-state index contributed by atoms with van der Waals surface area (Å²) in [4.78, 5) is 17.7. The number of aryl methyl sites for hydroxylation is 2. The van der Waals surface area contributed by atoms with Crippen LogP contribution in [0.15, 0.2) is 34.9 Å². The van der Waals surface area contributed by atoms with Crippen molar-refractivity contribution >= 4 is 16.8 Å². The topological polar surface area (TPSA) is 84.3 Å². The van der Waals surface area contributed by atoms with Gasteiger partial charge in [-0.1, -0.05) is 6.07 Å². The quantitative estimate of drug-likeness (QED) is 0.788. The van der Waals surface area contributed by atoms with Gasteiger partial charge in [0.05, 0.1) is 13.2 Å². The van der Waals surface area contributed by atoms with Gasteiger partial charge in [-0.3, -0.25) is 4.79 Å². The summed E-state index contributed by atoms with van der Waals surface area (Å²) in [5, 5.41) is 9.08. The van der Waals surface area contributed by atoms with Crippen LogP contribution in [0.1, 0.15) is 29.8 Å². The lowest BCUT2D eigenvalue weighted by atomic mass is 10.1. The predicted molar refractivity (Wildman–Crippen MR) is 90.9 cm³/mol. The molecule has 2 aromatic heterocycles. The predicted octanol–water partition coefficient (Wildman–Crippen LogP) is 2.39. The van der Waals surface area contributed by atoms with Gasteiger partial charge in [0.25, 0.3) is 0 Å². The van der Waals surface area contributed by atoms with Crippen LogP contribution in [0, 0.1) is 6.92 Å². The molecule has 0 aliphatic carbocycles. The van der Waals surface area contributed by atoms with Crippen LogP contribution in [0.4, 0.5) is 0 Å². The lowest BCUT2D eigenvalue weighted by molar-refractivity contribution is -0.141. The smallest absolute Gasteiger partial charge is 0.241 e. The number of morpholine rings is 1. The Labute approximate surface area is 145 Å². The van der Waals surface area contributed by atoms with Crippen LogP contribution in [0.3, 0.4) is 0 Å². The number of H-pyrrole nitrogens is 1. The van der Waals surface area contributed by atoms with Gasteiger partial charge < -0.3 is 19.0 Å². The van der Waals surface area contributed by atoms with E-state index in [0.29, 0.717) is 44.4 Å². The summed E-state index contributed by atoms with van der Waals surface area (Å²) < 4.78 is 11.0. The Morgan fingerprint density at radius 1 is 1.36 bits per heavy atom. The summed E-state index contributed by atoms with van der Waals surface area (Å²) in [5.74, 6) is 1.02. The number of fused-ring (bicyclic) bond motifs is 1. The highest BCUT2D eigenvalue weighted by Gasteiger charge is 2.32. The number of hydrogen-bond donors (Lipinski definition) is 1. The largest absolute Gasteiger partial charge is 0.423 e. The molecule has 4 rings (SSSR count). The van der Waals surface area contributed by atoms with E-state index in [2.05, 4.69) is 27.3 Å². The first-order valence-electron chi connectivity index (χ1n) is 8.44. The molecule has 7 heteroatoms. The Morgan fingerprint density at radius 3 is 3.12 bits per heavy atom. The molecule has 0 unspecified atom stereocenters. The Morgan fingerprint density at radius 2 is 2.28 bits per heavy atom. The van der Waals surface area contributed by atoms with Gasteiger partial charge in [-0.05, 0) is 35.6 Å². The van der Waals surface area contributed by atoms with Crippen LogP contribution in [0.5, 0.6) is 0 Å². The van der Waals surface area contributed by atoms with Crippen molar-refractivity contribution in [1.29, 1.82) is 0 Å². The third-order valence-electron chi connectivity index (χ3n) is 4.52. The van der Waals surface area contributed by atoms with Crippen LogP contribution >= 0.6 is 0 Å².